The van der Waals surface area contributed by atoms with Crippen molar-refractivity contribution in [2.45, 2.75) is 0 Å². The molecule has 0 spiro atoms. The first-order valence-corrected chi connectivity index (χ1v) is 2.46. The number of hydrogen-bond acceptors (Lipinski definition) is 0. The minimum atomic E-state index is 0.840. The summed E-state index contributed by atoms with van der Waals surface area (Å²) in [5, 5.41) is 8.41. The quantitative estimate of drug-likeness (QED) is 0.484. The molecule has 0 aliphatic carbocycles. The highest BCUT2D eigenvalue weighted by molar-refractivity contribution is 5.81. The fourth-order valence-corrected chi connectivity index (χ4v) is 0.539. The fourth-order valence-electron chi connectivity index (χ4n) is 0.539. The van der Waals surface area contributed by atoms with E-state index in [0.29, 0.717) is 0 Å². The van der Waals surface area contributed by atoms with Crippen molar-refractivity contribution in [1.82, 2.24) is 0 Å². The van der Waals surface area contributed by atoms with E-state index in [2.05, 4.69) is 0 Å². The molecule has 0 saturated carbocycles. The Morgan fingerprint density at radius 2 is 1.75 bits per heavy atom. The molecule has 1 heteroatoms. The molecule has 0 radical (unpaired) electrons. The summed E-state index contributed by atoms with van der Waals surface area (Å²) in [7, 11) is 0. The van der Waals surface area contributed by atoms with E-state index in [0.717, 1.165) is 11.8 Å². The van der Waals surface area contributed by atoms with Gasteiger partial charge in [0.1, 0.15) is 0 Å². The predicted octanol–water partition coefficient (Wildman–Crippen LogP) is 1.67. The summed E-state index contributed by atoms with van der Waals surface area (Å²) in [5.41, 5.74) is 0.840. The first-order valence-electron chi connectivity index (χ1n) is 2.46. The van der Waals surface area contributed by atoms with Crippen LogP contribution in [-0.4, -0.2) is 6.21 Å². The average molecular weight is 104 g/mol. The zero-order valence-electron chi connectivity index (χ0n) is 4.41. The van der Waals surface area contributed by atoms with Crippen LogP contribution in [-0.2, 0) is 0 Å². The number of benzene rings is 1. The van der Waals surface area contributed by atoms with Gasteiger partial charge in [-0.05, 0) is 5.56 Å². The Balaban J connectivity index is 2.99. The van der Waals surface area contributed by atoms with Crippen molar-refractivity contribution in [1.29, 1.82) is 0 Å². The largest absolute Gasteiger partial charge is 0.810 e. The van der Waals surface area contributed by atoms with Crippen LogP contribution in [0.3, 0.4) is 0 Å². The van der Waals surface area contributed by atoms with Gasteiger partial charge in [-0.25, -0.2) is 0 Å². The van der Waals surface area contributed by atoms with Crippen molar-refractivity contribution in [2.24, 2.45) is 0 Å². The monoisotopic (exact) mass is 104 g/mol. The minimum Gasteiger partial charge on any atom is -0.810 e. The molecule has 8 heavy (non-hydrogen) atoms. The van der Waals surface area contributed by atoms with Gasteiger partial charge in [0.15, 0.2) is 0 Å². The van der Waals surface area contributed by atoms with E-state index in [4.69, 9.17) is 5.41 Å². The molecule has 1 nitrogen and oxygen atoms in total. The van der Waals surface area contributed by atoms with Crippen molar-refractivity contribution < 1.29 is 0 Å². The first kappa shape index (κ1) is 5.04. The maximum Gasteiger partial charge on any atom is -0.0491 e. The topological polar surface area (TPSA) is 22.3 Å². The highest BCUT2D eigenvalue weighted by Crippen LogP contribution is 1.91. The maximum absolute atomic E-state index is 8.41. The molecule has 0 amide bonds. The van der Waals surface area contributed by atoms with Crippen LogP contribution in [0, 0.1) is 0 Å². The second-order valence-electron chi connectivity index (χ2n) is 1.54. The zero-order chi connectivity index (χ0) is 5.82. The van der Waals surface area contributed by atoms with Gasteiger partial charge < -0.3 is 5.41 Å². The van der Waals surface area contributed by atoms with E-state index in [-0.39, 0.29) is 0 Å². The molecular formula is C7H6N-. The van der Waals surface area contributed by atoms with Crippen molar-refractivity contribution in [3.8, 4) is 0 Å². The van der Waals surface area contributed by atoms with Crippen LogP contribution in [0.25, 0.3) is 5.41 Å². The van der Waals surface area contributed by atoms with Crippen LogP contribution in [0.4, 0.5) is 0 Å². The Labute approximate surface area is 48.5 Å². The summed E-state index contributed by atoms with van der Waals surface area (Å²) in [6.45, 7) is 0. The molecule has 0 atom stereocenters. The molecule has 1 rings (SSSR count). The molecule has 1 aromatic carbocycles. The Bertz CT molecular complexity index is 167. The van der Waals surface area contributed by atoms with Crippen molar-refractivity contribution in [2.75, 3.05) is 0 Å². The third kappa shape index (κ3) is 0.936. The first-order chi connectivity index (χ1) is 3.93. The lowest BCUT2D eigenvalue weighted by molar-refractivity contribution is 1.69. The summed E-state index contributed by atoms with van der Waals surface area (Å²) >= 11 is 0. The standard InChI is InChI=1S/C7H6N/c8-6-7-4-2-1-3-5-7/h1-6H/q-1. The molecule has 1 aromatic rings. The minimum absolute atomic E-state index is 0.840. The van der Waals surface area contributed by atoms with Crippen LogP contribution in [0.2, 0.25) is 0 Å². The normalized spacial score (nSPS) is 8.50. The van der Waals surface area contributed by atoms with Gasteiger partial charge in [-0.3, -0.25) is 0 Å². The van der Waals surface area contributed by atoms with Gasteiger partial charge in [0, 0.05) is 0 Å². The van der Waals surface area contributed by atoms with Gasteiger partial charge in [0.05, 0.1) is 0 Å². The number of hydrogen-bond donors (Lipinski definition) is 0. The average Bonchev–Trinajstić information content (AvgIpc) is 1.90. The van der Waals surface area contributed by atoms with Crippen molar-refractivity contribution in [3.05, 3.63) is 41.3 Å². The third-order valence-corrected chi connectivity index (χ3v) is 0.949. The Hall–Kier alpha value is -1.11. The van der Waals surface area contributed by atoms with Crippen molar-refractivity contribution in [3.63, 3.8) is 0 Å². The molecule has 40 valence electrons. The van der Waals surface area contributed by atoms with E-state index < -0.39 is 0 Å². The van der Waals surface area contributed by atoms with E-state index in [9.17, 15) is 0 Å². The summed E-state index contributed by atoms with van der Waals surface area (Å²) in [6, 6.07) is 9.33. The van der Waals surface area contributed by atoms with Crippen LogP contribution in [0.15, 0.2) is 30.3 Å². The molecule has 0 unspecified atom stereocenters. The van der Waals surface area contributed by atoms with E-state index >= 15 is 0 Å². The summed E-state index contributed by atoms with van der Waals surface area (Å²) < 4.78 is 0. The van der Waals surface area contributed by atoms with Gasteiger partial charge in [-0.15, -0.1) is 0 Å². The Morgan fingerprint density at radius 3 is 2.12 bits per heavy atom. The summed E-state index contributed by atoms with van der Waals surface area (Å²) in [4.78, 5) is 0. The molecular weight excluding hydrogens is 98.1 g/mol. The van der Waals surface area contributed by atoms with Crippen LogP contribution in [0.1, 0.15) is 5.56 Å². The summed E-state index contributed by atoms with van der Waals surface area (Å²) in [5.74, 6) is 0. The zero-order valence-corrected chi connectivity index (χ0v) is 4.41. The predicted molar refractivity (Wildman–Crippen MR) is 35.0 cm³/mol. The van der Waals surface area contributed by atoms with Crippen molar-refractivity contribution >= 4 is 6.21 Å². The molecule has 0 aromatic heterocycles. The lowest BCUT2D eigenvalue weighted by Gasteiger charge is -1.90. The van der Waals surface area contributed by atoms with E-state index in [1.54, 1.807) is 0 Å². The lowest BCUT2D eigenvalue weighted by atomic mass is 10.2. The Kier molecular flexibility index (Phi) is 1.42. The Morgan fingerprint density at radius 1 is 1.12 bits per heavy atom. The molecule has 0 aliphatic heterocycles. The maximum atomic E-state index is 8.41. The molecule has 0 bridgehead atoms. The number of nitrogens with zero attached hydrogens (tertiary/aromatic N) is 1. The molecule has 0 aliphatic rings. The van der Waals surface area contributed by atoms with Gasteiger partial charge in [-0.1, -0.05) is 30.3 Å². The van der Waals surface area contributed by atoms with Gasteiger partial charge >= 0.3 is 0 Å². The van der Waals surface area contributed by atoms with Crippen LogP contribution >= 0.6 is 0 Å². The molecule has 0 heterocycles. The fraction of sp³-hybridized carbons (Fsp3) is 0. The van der Waals surface area contributed by atoms with Gasteiger partial charge in [-0.2, -0.15) is 6.21 Å². The molecule has 0 fully saturated rings. The van der Waals surface area contributed by atoms with E-state index in [1.165, 1.54) is 0 Å². The van der Waals surface area contributed by atoms with Crippen LogP contribution in [0.5, 0.6) is 0 Å². The second-order valence-corrected chi connectivity index (χ2v) is 1.54. The highest BCUT2D eigenvalue weighted by atomic mass is 14.3. The SMILES string of the molecule is [N-]=Cc1ccccc1. The van der Waals surface area contributed by atoms with E-state index in [1.807, 2.05) is 30.3 Å². The number of rotatable bonds is 1. The van der Waals surface area contributed by atoms with Crippen LogP contribution < -0.4 is 0 Å². The third-order valence-electron chi connectivity index (χ3n) is 0.949. The second kappa shape index (κ2) is 2.26. The van der Waals surface area contributed by atoms with Gasteiger partial charge in [0.25, 0.3) is 0 Å². The molecule has 0 N–H and O–H groups in total. The smallest absolute Gasteiger partial charge is 0.0491 e. The summed E-state index contributed by atoms with van der Waals surface area (Å²) in [6.07, 6.45) is 1.08. The highest BCUT2D eigenvalue weighted by Gasteiger charge is 1.72. The van der Waals surface area contributed by atoms with Gasteiger partial charge in [0.2, 0.25) is 0 Å². The molecule has 0 saturated heterocycles. The lowest BCUT2D eigenvalue weighted by Crippen LogP contribution is -1.72.